The molecule has 0 heterocycles. The van der Waals surface area contributed by atoms with Gasteiger partial charge in [0.05, 0.1) is 6.10 Å². The van der Waals surface area contributed by atoms with E-state index in [4.69, 9.17) is 15.2 Å². The lowest BCUT2D eigenvalue weighted by atomic mass is 9.94. The summed E-state index contributed by atoms with van der Waals surface area (Å²) in [5, 5.41) is 0. The molecule has 0 aliphatic carbocycles. The number of methoxy groups -OCH3 is 1. The molecule has 0 amide bonds. The van der Waals surface area contributed by atoms with Crippen LogP contribution in [0.25, 0.3) is 0 Å². The van der Waals surface area contributed by atoms with Crippen molar-refractivity contribution in [3.63, 3.8) is 0 Å². The van der Waals surface area contributed by atoms with Crippen molar-refractivity contribution in [3.05, 3.63) is 0 Å². The molecular weight excluding hydrogens is 206 g/mol. The highest BCUT2D eigenvalue weighted by Crippen LogP contribution is 2.14. The quantitative estimate of drug-likeness (QED) is 0.644. The van der Waals surface area contributed by atoms with Crippen LogP contribution in [0.4, 0.5) is 0 Å². The number of nitrogens with two attached hydrogens (primary N) is 1. The van der Waals surface area contributed by atoms with Crippen LogP contribution < -0.4 is 5.73 Å². The van der Waals surface area contributed by atoms with Crippen molar-refractivity contribution in [3.8, 4) is 0 Å². The van der Waals surface area contributed by atoms with Crippen molar-refractivity contribution >= 4 is 5.97 Å². The van der Waals surface area contributed by atoms with Gasteiger partial charge in [0.1, 0.15) is 6.61 Å². The van der Waals surface area contributed by atoms with Crippen molar-refractivity contribution in [2.24, 2.45) is 17.6 Å². The van der Waals surface area contributed by atoms with E-state index in [1.54, 1.807) is 7.11 Å². The van der Waals surface area contributed by atoms with E-state index >= 15 is 0 Å². The molecule has 4 heteroatoms. The van der Waals surface area contributed by atoms with Crippen LogP contribution in [0.2, 0.25) is 0 Å². The van der Waals surface area contributed by atoms with Gasteiger partial charge in [0.2, 0.25) is 0 Å². The first-order valence-corrected chi connectivity index (χ1v) is 5.88. The normalized spacial score (nSPS) is 14.9. The van der Waals surface area contributed by atoms with Crippen LogP contribution in [0.3, 0.4) is 0 Å². The first kappa shape index (κ1) is 15.4. The summed E-state index contributed by atoms with van der Waals surface area (Å²) in [6.45, 7) is 6.96. The van der Waals surface area contributed by atoms with Gasteiger partial charge in [0.15, 0.2) is 0 Å². The van der Waals surface area contributed by atoms with E-state index in [9.17, 15) is 4.79 Å². The first-order valence-electron chi connectivity index (χ1n) is 5.88. The molecule has 0 rings (SSSR count). The van der Waals surface area contributed by atoms with Crippen LogP contribution in [0.5, 0.6) is 0 Å². The molecule has 4 nitrogen and oxygen atoms in total. The Balaban J connectivity index is 3.82. The zero-order valence-corrected chi connectivity index (χ0v) is 10.9. The number of hydrogen-bond acceptors (Lipinski definition) is 4. The molecule has 0 aliphatic heterocycles. The smallest absolute Gasteiger partial charge is 0.306 e. The Labute approximate surface area is 98.5 Å². The minimum absolute atomic E-state index is 0.0506. The van der Waals surface area contributed by atoms with Crippen LogP contribution in [-0.4, -0.2) is 32.3 Å². The molecule has 96 valence electrons. The van der Waals surface area contributed by atoms with Crippen LogP contribution in [-0.2, 0) is 14.3 Å². The Bertz CT molecular complexity index is 195. The molecule has 0 aromatic carbocycles. The molecule has 0 aromatic heterocycles. The number of ether oxygens (including phenoxy) is 2. The Kier molecular flexibility index (Phi) is 8.21. The fourth-order valence-electron chi connectivity index (χ4n) is 1.50. The molecule has 16 heavy (non-hydrogen) atoms. The molecular formula is C12H25NO3. The van der Waals surface area contributed by atoms with Gasteiger partial charge >= 0.3 is 5.97 Å². The van der Waals surface area contributed by atoms with Gasteiger partial charge in [-0.3, -0.25) is 4.79 Å². The summed E-state index contributed by atoms with van der Waals surface area (Å²) in [6, 6.07) is 0. The molecule has 0 bridgehead atoms. The van der Waals surface area contributed by atoms with Crippen LogP contribution in [0, 0.1) is 11.8 Å². The minimum Gasteiger partial charge on any atom is -0.463 e. The molecule has 2 N–H and O–H groups in total. The second-order valence-electron chi connectivity index (χ2n) is 4.66. The van der Waals surface area contributed by atoms with Crippen molar-refractivity contribution < 1.29 is 14.3 Å². The summed E-state index contributed by atoms with van der Waals surface area (Å²) >= 11 is 0. The molecule has 0 unspecified atom stereocenters. The van der Waals surface area contributed by atoms with Gasteiger partial charge in [-0.15, -0.1) is 0 Å². The highest BCUT2D eigenvalue weighted by molar-refractivity contribution is 5.69. The van der Waals surface area contributed by atoms with Crippen molar-refractivity contribution in [2.75, 3.05) is 20.3 Å². The summed E-state index contributed by atoms with van der Waals surface area (Å²) in [7, 11) is 1.60. The second kappa shape index (κ2) is 8.53. The third-order valence-corrected chi connectivity index (χ3v) is 2.47. The zero-order chi connectivity index (χ0) is 12.6. The van der Waals surface area contributed by atoms with Crippen molar-refractivity contribution in [1.29, 1.82) is 0 Å². The Morgan fingerprint density at radius 3 is 2.38 bits per heavy atom. The Hall–Kier alpha value is -0.610. The average molecular weight is 231 g/mol. The number of carbonyl (C=O) groups excluding carboxylic acids is 1. The van der Waals surface area contributed by atoms with Gasteiger partial charge in [-0.2, -0.15) is 0 Å². The van der Waals surface area contributed by atoms with E-state index < -0.39 is 0 Å². The number of hydrogen-bond donors (Lipinski definition) is 1. The van der Waals surface area contributed by atoms with Gasteiger partial charge in [0, 0.05) is 13.5 Å². The summed E-state index contributed by atoms with van der Waals surface area (Å²) in [4.78, 5) is 11.5. The minimum atomic E-state index is -0.181. The third-order valence-electron chi connectivity index (χ3n) is 2.47. The molecule has 0 aliphatic rings. The maximum absolute atomic E-state index is 11.5. The molecule has 0 saturated heterocycles. The Morgan fingerprint density at radius 2 is 1.94 bits per heavy atom. The van der Waals surface area contributed by atoms with Crippen LogP contribution >= 0.6 is 0 Å². The van der Waals surface area contributed by atoms with Gasteiger partial charge in [-0.05, 0) is 31.7 Å². The number of esters is 1. The molecule has 0 radical (unpaired) electrons. The van der Waals surface area contributed by atoms with Gasteiger partial charge in [0.25, 0.3) is 0 Å². The van der Waals surface area contributed by atoms with Crippen molar-refractivity contribution in [1.82, 2.24) is 0 Å². The van der Waals surface area contributed by atoms with Crippen molar-refractivity contribution in [2.45, 2.75) is 39.7 Å². The van der Waals surface area contributed by atoms with Gasteiger partial charge in [-0.1, -0.05) is 13.8 Å². The first-order chi connectivity index (χ1) is 7.49. The third kappa shape index (κ3) is 7.65. The predicted octanol–water partition coefficient (Wildman–Crippen LogP) is 1.58. The maximum atomic E-state index is 11.5. The molecule has 0 fully saturated rings. The van der Waals surface area contributed by atoms with E-state index in [2.05, 4.69) is 13.8 Å². The van der Waals surface area contributed by atoms with Gasteiger partial charge < -0.3 is 15.2 Å². The van der Waals surface area contributed by atoms with E-state index in [1.165, 1.54) is 0 Å². The highest BCUT2D eigenvalue weighted by Gasteiger charge is 2.15. The van der Waals surface area contributed by atoms with E-state index in [1.807, 2.05) is 6.92 Å². The monoisotopic (exact) mass is 231 g/mol. The topological polar surface area (TPSA) is 61.5 Å². The van der Waals surface area contributed by atoms with Crippen LogP contribution in [0.1, 0.15) is 33.6 Å². The predicted molar refractivity (Wildman–Crippen MR) is 64.0 cm³/mol. The largest absolute Gasteiger partial charge is 0.463 e. The summed E-state index contributed by atoms with van der Waals surface area (Å²) in [5.74, 6) is 0.601. The fraction of sp³-hybridized carbons (Fsp3) is 0.917. The fourth-order valence-corrected chi connectivity index (χ4v) is 1.50. The molecule has 2 atom stereocenters. The molecule has 0 aromatic rings. The van der Waals surface area contributed by atoms with Gasteiger partial charge in [-0.25, -0.2) is 0 Å². The number of carbonyl (C=O) groups is 1. The lowest BCUT2D eigenvalue weighted by Gasteiger charge is -2.17. The summed E-state index contributed by atoms with van der Waals surface area (Å²) in [6.07, 6.45) is 1.32. The highest BCUT2D eigenvalue weighted by atomic mass is 16.6. The summed E-state index contributed by atoms with van der Waals surface area (Å²) in [5.41, 5.74) is 5.62. The lowest BCUT2D eigenvalue weighted by molar-refractivity contribution is -0.148. The lowest BCUT2D eigenvalue weighted by Crippen LogP contribution is -2.23. The molecule has 0 spiro atoms. The average Bonchev–Trinajstić information content (AvgIpc) is 2.24. The van der Waals surface area contributed by atoms with E-state index in [0.717, 1.165) is 6.42 Å². The van der Waals surface area contributed by atoms with E-state index in [-0.39, 0.29) is 18.0 Å². The van der Waals surface area contributed by atoms with E-state index in [0.29, 0.717) is 25.5 Å². The van der Waals surface area contributed by atoms with Crippen LogP contribution in [0.15, 0.2) is 0 Å². The SMILES string of the molecule is CO[C@@H](C)COC(=O)C[C@@H](CN)CC(C)C. The molecule has 0 saturated carbocycles. The number of rotatable bonds is 8. The standard InChI is InChI=1S/C12H25NO3/c1-9(2)5-11(7-13)6-12(14)16-8-10(3)15-4/h9-11H,5-8,13H2,1-4H3/t10-,11-/m0/s1. The zero-order valence-electron chi connectivity index (χ0n) is 10.9. The maximum Gasteiger partial charge on any atom is 0.306 e. The Morgan fingerprint density at radius 1 is 1.31 bits per heavy atom. The summed E-state index contributed by atoms with van der Waals surface area (Å²) < 4.78 is 10.1. The second-order valence-corrected chi connectivity index (χ2v) is 4.66.